The molecule has 2 aromatic rings. The van der Waals surface area contributed by atoms with Gasteiger partial charge in [0.1, 0.15) is 11.0 Å². The highest BCUT2D eigenvalue weighted by atomic mass is 35.5. The molecule has 1 aliphatic heterocycles. The molecular formula is C14H11Cl3N2O. The van der Waals surface area contributed by atoms with Crippen molar-refractivity contribution in [2.24, 2.45) is 0 Å². The number of rotatable bonds is 2. The molecule has 0 unspecified atom stereocenters. The molecule has 1 aromatic carbocycles. The van der Waals surface area contributed by atoms with E-state index in [1.165, 1.54) is 0 Å². The Bertz CT molecular complexity index is 661. The van der Waals surface area contributed by atoms with Crippen molar-refractivity contribution >= 4 is 34.8 Å². The maximum atomic E-state index is 6.19. The topological polar surface area (TPSA) is 35.0 Å². The summed E-state index contributed by atoms with van der Waals surface area (Å²) in [6, 6.07) is 5.50. The van der Waals surface area contributed by atoms with Crippen molar-refractivity contribution in [1.82, 2.24) is 9.97 Å². The van der Waals surface area contributed by atoms with Gasteiger partial charge in [-0.15, -0.1) is 0 Å². The number of nitrogens with zero attached hydrogens (tertiary/aromatic N) is 2. The second kappa shape index (κ2) is 5.86. The van der Waals surface area contributed by atoms with E-state index in [9.17, 15) is 0 Å². The molecule has 0 spiro atoms. The van der Waals surface area contributed by atoms with Gasteiger partial charge in [-0.2, -0.15) is 0 Å². The van der Waals surface area contributed by atoms with Crippen LogP contribution in [0.15, 0.2) is 18.2 Å². The molecule has 20 heavy (non-hydrogen) atoms. The van der Waals surface area contributed by atoms with Gasteiger partial charge in [-0.05, 0) is 17.7 Å². The van der Waals surface area contributed by atoms with Gasteiger partial charge in [-0.3, -0.25) is 0 Å². The minimum atomic E-state index is 0.477. The van der Waals surface area contributed by atoms with Crippen LogP contribution in [0.3, 0.4) is 0 Å². The van der Waals surface area contributed by atoms with Gasteiger partial charge in [0.2, 0.25) is 0 Å². The van der Waals surface area contributed by atoms with E-state index in [2.05, 4.69) is 9.97 Å². The van der Waals surface area contributed by atoms with E-state index < -0.39 is 0 Å². The summed E-state index contributed by atoms with van der Waals surface area (Å²) < 4.78 is 5.37. The Morgan fingerprint density at radius 1 is 1.10 bits per heavy atom. The highest BCUT2D eigenvalue weighted by molar-refractivity contribution is 6.42. The van der Waals surface area contributed by atoms with Gasteiger partial charge in [0, 0.05) is 18.4 Å². The minimum absolute atomic E-state index is 0.477. The van der Waals surface area contributed by atoms with Crippen LogP contribution in [0.5, 0.6) is 0 Å². The summed E-state index contributed by atoms with van der Waals surface area (Å²) in [5.74, 6) is 0.689. The van der Waals surface area contributed by atoms with Gasteiger partial charge in [0.15, 0.2) is 0 Å². The Balaban J connectivity index is 1.90. The number of fused-ring (bicyclic) bond motifs is 1. The lowest BCUT2D eigenvalue weighted by atomic mass is 10.1. The van der Waals surface area contributed by atoms with E-state index in [1.54, 1.807) is 6.07 Å². The van der Waals surface area contributed by atoms with Gasteiger partial charge >= 0.3 is 0 Å². The fraction of sp³-hybridized carbons (Fsp3) is 0.286. The van der Waals surface area contributed by atoms with E-state index in [0.29, 0.717) is 40.7 Å². The standard InChI is InChI=1S/C14H11Cl3N2O/c15-10-2-1-8(5-11(10)16)6-13-18-12-3-4-20-7-9(12)14(17)19-13/h1-2,5H,3-4,6-7H2. The van der Waals surface area contributed by atoms with Crippen LogP contribution in [0.2, 0.25) is 15.2 Å². The summed E-state index contributed by atoms with van der Waals surface area (Å²) in [6.07, 6.45) is 1.34. The SMILES string of the molecule is Clc1ccc(Cc2nc(Cl)c3c(n2)CCOC3)cc1Cl. The van der Waals surface area contributed by atoms with Gasteiger partial charge in [0.05, 0.1) is 29.0 Å². The van der Waals surface area contributed by atoms with Gasteiger partial charge in [-0.1, -0.05) is 40.9 Å². The highest BCUT2D eigenvalue weighted by Crippen LogP contribution is 2.25. The zero-order valence-corrected chi connectivity index (χ0v) is 12.8. The van der Waals surface area contributed by atoms with Crippen molar-refractivity contribution in [2.75, 3.05) is 6.61 Å². The quantitative estimate of drug-likeness (QED) is 0.778. The Hall–Kier alpha value is -0.870. The van der Waals surface area contributed by atoms with Gasteiger partial charge in [0.25, 0.3) is 0 Å². The number of benzene rings is 1. The average molecular weight is 330 g/mol. The lowest BCUT2D eigenvalue weighted by molar-refractivity contribution is 0.109. The number of halogens is 3. The fourth-order valence-corrected chi connectivity index (χ4v) is 2.73. The van der Waals surface area contributed by atoms with Crippen molar-refractivity contribution in [1.29, 1.82) is 0 Å². The lowest BCUT2D eigenvalue weighted by Crippen LogP contribution is -2.15. The Morgan fingerprint density at radius 3 is 2.75 bits per heavy atom. The second-order valence-corrected chi connectivity index (χ2v) is 5.76. The molecule has 0 N–H and O–H groups in total. The van der Waals surface area contributed by atoms with Crippen molar-refractivity contribution in [3.8, 4) is 0 Å². The lowest BCUT2D eigenvalue weighted by Gasteiger charge is -2.17. The van der Waals surface area contributed by atoms with Crippen LogP contribution < -0.4 is 0 Å². The molecule has 0 amide bonds. The molecule has 6 heteroatoms. The molecule has 0 radical (unpaired) electrons. The molecule has 0 fully saturated rings. The molecule has 0 atom stereocenters. The molecule has 1 aliphatic rings. The molecule has 0 saturated heterocycles. The molecule has 3 rings (SSSR count). The molecule has 104 valence electrons. The fourth-order valence-electron chi connectivity index (χ4n) is 2.15. The van der Waals surface area contributed by atoms with E-state index in [1.807, 2.05) is 12.1 Å². The summed E-state index contributed by atoms with van der Waals surface area (Å²) in [7, 11) is 0. The zero-order chi connectivity index (χ0) is 14.1. The predicted molar refractivity (Wildman–Crippen MR) is 79.7 cm³/mol. The highest BCUT2D eigenvalue weighted by Gasteiger charge is 2.17. The predicted octanol–water partition coefficient (Wildman–Crippen LogP) is 4.10. The van der Waals surface area contributed by atoms with Crippen molar-refractivity contribution in [3.63, 3.8) is 0 Å². The van der Waals surface area contributed by atoms with Crippen LogP contribution in [-0.4, -0.2) is 16.6 Å². The molecule has 0 saturated carbocycles. The molecule has 1 aromatic heterocycles. The monoisotopic (exact) mass is 328 g/mol. The number of aromatic nitrogens is 2. The van der Waals surface area contributed by atoms with Crippen LogP contribution in [0.25, 0.3) is 0 Å². The largest absolute Gasteiger partial charge is 0.376 e. The molecule has 0 bridgehead atoms. The van der Waals surface area contributed by atoms with Gasteiger partial charge < -0.3 is 4.74 Å². The Labute approximate surface area is 131 Å². The minimum Gasteiger partial charge on any atom is -0.376 e. The summed E-state index contributed by atoms with van der Waals surface area (Å²) in [5.41, 5.74) is 2.88. The number of hydrogen-bond donors (Lipinski definition) is 0. The van der Waals surface area contributed by atoms with E-state index in [4.69, 9.17) is 39.5 Å². The maximum absolute atomic E-state index is 6.19. The summed E-state index contributed by atoms with van der Waals surface area (Å²) in [4.78, 5) is 8.90. The summed E-state index contributed by atoms with van der Waals surface area (Å²) >= 11 is 18.1. The van der Waals surface area contributed by atoms with Crippen molar-refractivity contribution in [2.45, 2.75) is 19.4 Å². The van der Waals surface area contributed by atoms with Crippen LogP contribution in [0.4, 0.5) is 0 Å². The van der Waals surface area contributed by atoms with E-state index in [-0.39, 0.29) is 0 Å². The molecule has 0 aliphatic carbocycles. The summed E-state index contributed by atoms with van der Waals surface area (Å²) in [5, 5.41) is 1.54. The first-order valence-electron chi connectivity index (χ1n) is 6.19. The second-order valence-electron chi connectivity index (χ2n) is 4.58. The third kappa shape index (κ3) is 2.91. The Kier molecular flexibility index (Phi) is 4.13. The smallest absolute Gasteiger partial charge is 0.138 e. The maximum Gasteiger partial charge on any atom is 0.138 e. The Morgan fingerprint density at radius 2 is 1.95 bits per heavy atom. The molecule has 2 heterocycles. The van der Waals surface area contributed by atoms with E-state index >= 15 is 0 Å². The first kappa shape index (κ1) is 14.1. The van der Waals surface area contributed by atoms with E-state index in [0.717, 1.165) is 23.2 Å². The van der Waals surface area contributed by atoms with Crippen LogP contribution in [-0.2, 0) is 24.2 Å². The summed E-state index contributed by atoms with van der Waals surface area (Å²) in [6.45, 7) is 1.16. The first-order chi connectivity index (χ1) is 9.63. The number of hydrogen-bond acceptors (Lipinski definition) is 3. The van der Waals surface area contributed by atoms with Gasteiger partial charge in [-0.25, -0.2) is 9.97 Å². The van der Waals surface area contributed by atoms with Crippen LogP contribution in [0, 0.1) is 0 Å². The molecular weight excluding hydrogens is 319 g/mol. The third-order valence-corrected chi connectivity index (χ3v) is 4.22. The van der Waals surface area contributed by atoms with Crippen LogP contribution in [0.1, 0.15) is 22.6 Å². The van der Waals surface area contributed by atoms with Crippen molar-refractivity contribution in [3.05, 3.63) is 56.0 Å². The average Bonchev–Trinajstić information content (AvgIpc) is 2.43. The molecule has 3 nitrogen and oxygen atoms in total. The third-order valence-electron chi connectivity index (χ3n) is 3.16. The van der Waals surface area contributed by atoms with Crippen molar-refractivity contribution < 1.29 is 4.74 Å². The normalized spacial score (nSPS) is 14.2. The van der Waals surface area contributed by atoms with Crippen LogP contribution >= 0.6 is 34.8 Å². The zero-order valence-electron chi connectivity index (χ0n) is 10.5. The first-order valence-corrected chi connectivity index (χ1v) is 7.32. The number of ether oxygens (including phenoxy) is 1.